The van der Waals surface area contributed by atoms with Crippen LogP contribution in [0.5, 0.6) is 5.75 Å². The second-order valence-electron chi connectivity index (χ2n) is 5.30. The second kappa shape index (κ2) is 6.48. The molecule has 0 radical (unpaired) electrons. The summed E-state index contributed by atoms with van der Waals surface area (Å²) < 4.78 is 7.01. The SMILES string of the molecule is COc1ccc(-n2cc([C@@H](C)Nc3nccc(C)n3)cn2)cc1. The van der Waals surface area contributed by atoms with Crippen LogP contribution in [0.1, 0.15) is 24.2 Å². The minimum Gasteiger partial charge on any atom is -0.497 e. The van der Waals surface area contributed by atoms with Gasteiger partial charge in [0, 0.05) is 23.7 Å². The Labute approximate surface area is 135 Å². The molecule has 1 N–H and O–H groups in total. The fraction of sp³-hybridized carbons (Fsp3) is 0.235. The van der Waals surface area contributed by atoms with Crippen LogP contribution in [0.15, 0.2) is 48.9 Å². The number of ether oxygens (including phenoxy) is 1. The van der Waals surface area contributed by atoms with E-state index in [1.807, 2.05) is 54.3 Å². The largest absolute Gasteiger partial charge is 0.497 e. The molecule has 0 aliphatic carbocycles. The van der Waals surface area contributed by atoms with Crippen LogP contribution in [0.2, 0.25) is 0 Å². The second-order valence-corrected chi connectivity index (χ2v) is 5.30. The van der Waals surface area contributed by atoms with Crippen molar-refractivity contribution in [1.82, 2.24) is 19.7 Å². The number of nitrogens with one attached hydrogen (secondary N) is 1. The molecular formula is C17H19N5O. The molecule has 0 spiro atoms. The third kappa shape index (κ3) is 3.48. The number of aromatic nitrogens is 4. The van der Waals surface area contributed by atoms with Gasteiger partial charge >= 0.3 is 0 Å². The molecule has 3 aromatic rings. The molecule has 2 heterocycles. The molecule has 6 nitrogen and oxygen atoms in total. The molecule has 2 aromatic heterocycles. The van der Waals surface area contributed by atoms with Gasteiger partial charge < -0.3 is 10.1 Å². The van der Waals surface area contributed by atoms with Gasteiger partial charge in [0.25, 0.3) is 0 Å². The van der Waals surface area contributed by atoms with Gasteiger partial charge in [-0.3, -0.25) is 0 Å². The highest BCUT2D eigenvalue weighted by atomic mass is 16.5. The van der Waals surface area contributed by atoms with Gasteiger partial charge in [-0.2, -0.15) is 5.10 Å². The third-order valence-electron chi connectivity index (χ3n) is 3.58. The predicted octanol–water partition coefficient (Wildman–Crippen LogP) is 3.15. The van der Waals surface area contributed by atoms with Crippen LogP contribution in [-0.4, -0.2) is 26.9 Å². The zero-order chi connectivity index (χ0) is 16.2. The molecule has 23 heavy (non-hydrogen) atoms. The lowest BCUT2D eigenvalue weighted by molar-refractivity contribution is 0.414. The first-order valence-corrected chi connectivity index (χ1v) is 7.41. The fourth-order valence-electron chi connectivity index (χ4n) is 2.23. The number of hydrogen-bond donors (Lipinski definition) is 1. The molecule has 0 saturated carbocycles. The summed E-state index contributed by atoms with van der Waals surface area (Å²) in [6.45, 7) is 4.00. The minimum absolute atomic E-state index is 0.0591. The topological polar surface area (TPSA) is 64.9 Å². The predicted molar refractivity (Wildman–Crippen MR) is 88.9 cm³/mol. The Morgan fingerprint density at radius 3 is 2.65 bits per heavy atom. The summed E-state index contributed by atoms with van der Waals surface area (Å²) in [7, 11) is 1.65. The molecule has 1 atom stereocenters. The van der Waals surface area contributed by atoms with E-state index >= 15 is 0 Å². The van der Waals surface area contributed by atoms with Gasteiger partial charge in [-0.1, -0.05) is 0 Å². The van der Waals surface area contributed by atoms with E-state index in [4.69, 9.17) is 4.74 Å². The fourth-order valence-corrected chi connectivity index (χ4v) is 2.23. The summed E-state index contributed by atoms with van der Waals surface area (Å²) in [5, 5.41) is 7.70. The molecule has 1 aromatic carbocycles. The van der Waals surface area contributed by atoms with Gasteiger partial charge in [-0.25, -0.2) is 14.6 Å². The van der Waals surface area contributed by atoms with Crippen molar-refractivity contribution >= 4 is 5.95 Å². The highest BCUT2D eigenvalue weighted by Crippen LogP contribution is 2.19. The van der Waals surface area contributed by atoms with Crippen molar-refractivity contribution in [2.45, 2.75) is 19.9 Å². The van der Waals surface area contributed by atoms with Gasteiger partial charge in [0.2, 0.25) is 5.95 Å². The number of rotatable bonds is 5. The number of methoxy groups -OCH3 is 1. The Kier molecular flexibility index (Phi) is 4.23. The zero-order valence-corrected chi connectivity index (χ0v) is 13.4. The van der Waals surface area contributed by atoms with Crippen molar-refractivity contribution in [2.75, 3.05) is 12.4 Å². The highest BCUT2D eigenvalue weighted by molar-refractivity contribution is 5.38. The van der Waals surface area contributed by atoms with E-state index in [-0.39, 0.29) is 6.04 Å². The summed E-state index contributed by atoms with van der Waals surface area (Å²) in [4.78, 5) is 8.59. The lowest BCUT2D eigenvalue weighted by Gasteiger charge is -2.11. The lowest BCUT2D eigenvalue weighted by Crippen LogP contribution is -2.09. The van der Waals surface area contributed by atoms with Crippen LogP contribution in [0.25, 0.3) is 5.69 Å². The first kappa shape index (κ1) is 15.0. The summed E-state index contributed by atoms with van der Waals surface area (Å²) in [6.07, 6.45) is 5.59. The number of hydrogen-bond acceptors (Lipinski definition) is 5. The van der Waals surface area contributed by atoms with Crippen LogP contribution in [0, 0.1) is 6.92 Å². The summed E-state index contributed by atoms with van der Waals surface area (Å²) in [5.74, 6) is 1.45. The molecule has 0 saturated heterocycles. The van der Waals surface area contributed by atoms with Crippen molar-refractivity contribution in [3.63, 3.8) is 0 Å². The molecule has 6 heteroatoms. The molecule has 0 unspecified atom stereocenters. The smallest absolute Gasteiger partial charge is 0.223 e. The van der Waals surface area contributed by atoms with Gasteiger partial charge in [0.05, 0.1) is 25.0 Å². The normalized spacial score (nSPS) is 12.0. The third-order valence-corrected chi connectivity index (χ3v) is 3.58. The molecule has 0 amide bonds. The maximum atomic E-state index is 5.17. The van der Waals surface area contributed by atoms with Gasteiger partial charge in [0.1, 0.15) is 5.75 Å². The van der Waals surface area contributed by atoms with E-state index in [2.05, 4.69) is 27.3 Å². The Bertz CT molecular complexity index is 782. The first-order valence-electron chi connectivity index (χ1n) is 7.41. The number of nitrogens with zero attached hydrogens (tertiary/aromatic N) is 4. The number of benzene rings is 1. The molecular weight excluding hydrogens is 290 g/mol. The van der Waals surface area contributed by atoms with Gasteiger partial charge in [0.15, 0.2) is 0 Å². The lowest BCUT2D eigenvalue weighted by atomic mass is 10.2. The average Bonchev–Trinajstić information content (AvgIpc) is 3.05. The molecule has 3 rings (SSSR count). The van der Waals surface area contributed by atoms with E-state index < -0.39 is 0 Å². The van der Waals surface area contributed by atoms with Crippen molar-refractivity contribution in [2.24, 2.45) is 0 Å². The summed E-state index contributed by atoms with van der Waals surface area (Å²) in [5.41, 5.74) is 2.98. The minimum atomic E-state index is 0.0591. The monoisotopic (exact) mass is 309 g/mol. The van der Waals surface area contributed by atoms with E-state index in [9.17, 15) is 0 Å². The molecule has 0 aliphatic rings. The van der Waals surface area contributed by atoms with Crippen LogP contribution in [0.4, 0.5) is 5.95 Å². The number of anilines is 1. The van der Waals surface area contributed by atoms with Crippen LogP contribution in [-0.2, 0) is 0 Å². The molecule has 118 valence electrons. The van der Waals surface area contributed by atoms with Crippen molar-refractivity contribution < 1.29 is 4.74 Å². The van der Waals surface area contributed by atoms with Crippen molar-refractivity contribution in [3.8, 4) is 11.4 Å². The van der Waals surface area contributed by atoms with E-state index in [0.717, 1.165) is 22.7 Å². The van der Waals surface area contributed by atoms with Gasteiger partial charge in [-0.15, -0.1) is 0 Å². The quantitative estimate of drug-likeness (QED) is 0.784. The van der Waals surface area contributed by atoms with E-state index in [1.54, 1.807) is 13.3 Å². The Morgan fingerprint density at radius 2 is 1.96 bits per heavy atom. The number of aryl methyl sites for hydroxylation is 1. The van der Waals surface area contributed by atoms with Gasteiger partial charge in [-0.05, 0) is 44.2 Å². The Morgan fingerprint density at radius 1 is 1.17 bits per heavy atom. The standard InChI is InChI=1S/C17H19N5O/c1-12-8-9-18-17(20-12)21-13(2)14-10-19-22(11-14)15-4-6-16(23-3)7-5-15/h4-11,13H,1-3H3,(H,18,20,21)/t13-/m1/s1. The highest BCUT2D eigenvalue weighted by Gasteiger charge is 2.10. The van der Waals surface area contributed by atoms with E-state index in [1.165, 1.54) is 0 Å². The average molecular weight is 309 g/mol. The zero-order valence-electron chi connectivity index (χ0n) is 13.4. The van der Waals surface area contributed by atoms with Crippen LogP contribution >= 0.6 is 0 Å². The maximum absolute atomic E-state index is 5.17. The van der Waals surface area contributed by atoms with Crippen LogP contribution < -0.4 is 10.1 Å². The molecule has 0 bridgehead atoms. The molecule has 0 aliphatic heterocycles. The first-order chi connectivity index (χ1) is 11.2. The van der Waals surface area contributed by atoms with Crippen molar-refractivity contribution in [3.05, 3.63) is 60.2 Å². The molecule has 0 fully saturated rings. The summed E-state index contributed by atoms with van der Waals surface area (Å²) >= 11 is 0. The Balaban J connectivity index is 1.75. The van der Waals surface area contributed by atoms with Crippen LogP contribution in [0.3, 0.4) is 0 Å². The van der Waals surface area contributed by atoms with E-state index in [0.29, 0.717) is 5.95 Å². The van der Waals surface area contributed by atoms with Crippen molar-refractivity contribution in [1.29, 1.82) is 0 Å². The maximum Gasteiger partial charge on any atom is 0.223 e. The summed E-state index contributed by atoms with van der Waals surface area (Å²) in [6, 6.07) is 9.70. The Hall–Kier alpha value is -2.89.